The molecule has 0 heterocycles. The lowest BCUT2D eigenvalue weighted by atomic mass is 10.1. The second kappa shape index (κ2) is 2.45. The molecule has 0 aromatic carbocycles. The van der Waals surface area contributed by atoms with Crippen LogP contribution in [0.1, 0.15) is 27.7 Å². The lowest BCUT2D eigenvalue weighted by molar-refractivity contribution is 1.28. The van der Waals surface area contributed by atoms with Gasteiger partial charge < -0.3 is 0 Å². The molecule has 0 heteroatoms. The van der Waals surface area contributed by atoms with E-state index in [-0.39, 0.29) is 0 Å². The van der Waals surface area contributed by atoms with Crippen molar-refractivity contribution >= 4 is 0 Å². The van der Waals surface area contributed by atoms with E-state index >= 15 is 0 Å². The fraction of sp³-hybridized carbons (Fsp3) is 0.400. The van der Waals surface area contributed by atoms with Gasteiger partial charge in [0.15, 0.2) is 0 Å². The van der Waals surface area contributed by atoms with E-state index in [4.69, 9.17) is 0 Å². The Morgan fingerprint density at radius 3 is 1.90 bits per heavy atom. The molecule has 1 rings (SSSR count). The van der Waals surface area contributed by atoms with E-state index in [1.54, 1.807) is 0 Å². The van der Waals surface area contributed by atoms with Gasteiger partial charge in [-0.2, -0.15) is 0 Å². The van der Waals surface area contributed by atoms with Gasteiger partial charge in [-0.15, -0.1) is 0 Å². The predicted octanol–water partition coefficient (Wildman–Crippen LogP) is 3.23. The Bertz CT molecular complexity index is 233. The summed E-state index contributed by atoms with van der Waals surface area (Å²) in [5, 5.41) is 0. The van der Waals surface area contributed by atoms with Crippen molar-refractivity contribution in [3.8, 4) is 0 Å². The second-order valence-corrected chi connectivity index (χ2v) is 3.06. The van der Waals surface area contributed by atoms with Crippen molar-refractivity contribution in [2.24, 2.45) is 0 Å². The maximum absolute atomic E-state index is 2.19. The van der Waals surface area contributed by atoms with E-state index in [1.807, 2.05) is 0 Å². The first-order valence-electron chi connectivity index (χ1n) is 3.66. The molecule has 0 aromatic rings. The first kappa shape index (κ1) is 7.33. The fourth-order valence-corrected chi connectivity index (χ4v) is 1.21. The summed E-state index contributed by atoms with van der Waals surface area (Å²) in [6.45, 7) is 8.64. The minimum absolute atomic E-state index is 1.40. The average Bonchev–Trinajstić information content (AvgIpc) is 2.14. The molecule has 0 nitrogen and oxygen atoms in total. The molecule has 10 heavy (non-hydrogen) atoms. The Kier molecular flexibility index (Phi) is 1.80. The number of rotatable bonds is 0. The predicted molar refractivity (Wildman–Crippen MR) is 45.9 cm³/mol. The van der Waals surface area contributed by atoms with Crippen molar-refractivity contribution in [2.45, 2.75) is 27.7 Å². The first-order valence-corrected chi connectivity index (χ1v) is 3.66. The summed E-state index contributed by atoms with van der Waals surface area (Å²) in [7, 11) is 0. The highest BCUT2D eigenvalue weighted by molar-refractivity contribution is 5.53. The van der Waals surface area contributed by atoms with Crippen LogP contribution in [0.25, 0.3) is 0 Å². The van der Waals surface area contributed by atoms with E-state index in [2.05, 4.69) is 39.8 Å². The van der Waals surface area contributed by atoms with E-state index in [9.17, 15) is 0 Å². The summed E-state index contributed by atoms with van der Waals surface area (Å²) < 4.78 is 0. The Morgan fingerprint density at radius 1 is 1.10 bits per heavy atom. The van der Waals surface area contributed by atoms with Crippen molar-refractivity contribution in [3.63, 3.8) is 0 Å². The van der Waals surface area contributed by atoms with E-state index in [0.717, 1.165) is 0 Å². The molecule has 0 unspecified atom stereocenters. The highest BCUT2D eigenvalue weighted by Crippen LogP contribution is 2.25. The van der Waals surface area contributed by atoms with Crippen LogP contribution in [-0.2, 0) is 0 Å². The second-order valence-electron chi connectivity index (χ2n) is 3.06. The molecule has 0 saturated carbocycles. The van der Waals surface area contributed by atoms with Gasteiger partial charge in [-0.25, -0.2) is 0 Å². The van der Waals surface area contributed by atoms with Crippen LogP contribution < -0.4 is 0 Å². The summed E-state index contributed by atoms with van der Waals surface area (Å²) in [4.78, 5) is 0. The van der Waals surface area contributed by atoms with E-state index < -0.39 is 0 Å². The summed E-state index contributed by atoms with van der Waals surface area (Å²) in [6, 6.07) is 0. The van der Waals surface area contributed by atoms with Crippen molar-refractivity contribution in [1.29, 1.82) is 0 Å². The standard InChI is InChI=1S/C10H14/c1-7(2)10-6-5-8(3)9(10)4/h5-6H,1-4H3. The van der Waals surface area contributed by atoms with Crippen LogP contribution in [-0.4, -0.2) is 0 Å². The molecule has 54 valence electrons. The maximum Gasteiger partial charge on any atom is -0.0238 e. The summed E-state index contributed by atoms with van der Waals surface area (Å²) in [5.74, 6) is 0. The molecule has 1 aliphatic rings. The van der Waals surface area contributed by atoms with E-state index in [0.29, 0.717) is 0 Å². The molecule has 0 radical (unpaired) electrons. The van der Waals surface area contributed by atoms with Gasteiger partial charge in [-0.3, -0.25) is 0 Å². The molecule has 0 saturated heterocycles. The zero-order chi connectivity index (χ0) is 7.72. The Hall–Kier alpha value is -0.780. The summed E-state index contributed by atoms with van der Waals surface area (Å²) >= 11 is 0. The Labute approximate surface area is 62.9 Å². The van der Waals surface area contributed by atoms with Crippen LogP contribution in [0.2, 0.25) is 0 Å². The Morgan fingerprint density at radius 2 is 1.70 bits per heavy atom. The maximum atomic E-state index is 2.19. The van der Waals surface area contributed by atoms with Crippen LogP contribution in [0.3, 0.4) is 0 Å². The Balaban J connectivity index is 3.11. The molecule has 0 aromatic heterocycles. The third-order valence-corrected chi connectivity index (χ3v) is 2.03. The topological polar surface area (TPSA) is 0 Å². The lowest BCUT2D eigenvalue weighted by Gasteiger charge is -2.00. The average molecular weight is 134 g/mol. The molecule has 0 N–H and O–H groups in total. The minimum atomic E-state index is 1.40. The van der Waals surface area contributed by atoms with Gasteiger partial charge in [-0.05, 0) is 44.4 Å². The van der Waals surface area contributed by atoms with Gasteiger partial charge in [-0.1, -0.05) is 17.7 Å². The van der Waals surface area contributed by atoms with Gasteiger partial charge >= 0.3 is 0 Å². The van der Waals surface area contributed by atoms with Crippen molar-refractivity contribution in [2.75, 3.05) is 0 Å². The summed E-state index contributed by atoms with van der Waals surface area (Å²) in [5.41, 5.74) is 5.65. The quantitative estimate of drug-likeness (QED) is 0.477. The van der Waals surface area contributed by atoms with Gasteiger partial charge in [0.2, 0.25) is 0 Å². The molecule has 0 atom stereocenters. The van der Waals surface area contributed by atoms with Gasteiger partial charge in [0.05, 0.1) is 0 Å². The SMILES string of the molecule is CC(C)=C1C=CC(C)=C1C. The van der Waals surface area contributed by atoms with Crippen molar-refractivity contribution in [3.05, 3.63) is 34.4 Å². The third kappa shape index (κ3) is 1.06. The number of hydrogen-bond acceptors (Lipinski definition) is 0. The van der Waals surface area contributed by atoms with Crippen LogP contribution in [0, 0.1) is 0 Å². The van der Waals surface area contributed by atoms with Crippen LogP contribution in [0.15, 0.2) is 34.4 Å². The van der Waals surface area contributed by atoms with Crippen LogP contribution in [0.5, 0.6) is 0 Å². The minimum Gasteiger partial charge on any atom is -0.0689 e. The molecule has 0 fully saturated rings. The van der Waals surface area contributed by atoms with Crippen molar-refractivity contribution < 1.29 is 0 Å². The highest BCUT2D eigenvalue weighted by atomic mass is 14.1. The lowest BCUT2D eigenvalue weighted by Crippen LogP contribution is -1.80. The monoisotopic (exact) mass is 134 g/mol. The van der Waals surface area contributed by atoms with Gasteiger partial charge in [0, 0.05) is 0 Å². The molecular weight excluding hydrogens is 120 g/mol. The third-order valence-electron chi connectivity index (χ3n) is 2.03. The smallest absolute Gasteiger partial charge is 0.0238 e. The van der Waals surface area contributed by atoms with Gasteiger partial charge in [0.25, 0.3) is 0 Å². The fourth-order valence-electron chi connectivity index (χ4n) is 1.21. The van der Waals surface area contributed by atoms with Crippen LogP contribution in [0.4, 0.5) is 0 Å². The van der Waals surface area contributed by atoms with Crippen molar-refractivity contribution in [1.82, 2.24) is 0 Å². The highest BCUT2D eigenvalue weighted by Gasteiger charge is 2.06. The number of hydrogen-bond donors (Lipinski definition) is 0. The molecule has 1 aliphatic carbocycles. The zero-order valence-electron chi connectivity index (χ0n) is 7.15. The first-order chi connectivity index (χ1) is 4.63. The zero-order valence-corrected chi connectivity index (χ0v) is 7.15. The van der Waals surface area contributed by atoms with Crippen LogP contribution >= 0.6 is 0 Å². The molecule has 0 aliphatic heterocycles. The molecule has 0 spiro atoms. The largest absolute Gasteiger partial charge is 0.0689 e. The number of allylic oxidation sites excluding steroid dienone is 6. The summed E-state index contributed by atoms with van der Waals surface area (Å²) in [6.07, 6.45) is 4.37. The van der Waals surface area contributed by atoms with E-state index in [1.165, 1.54) is 22.3 Å². The normalized spacial score (nSPS) is 17.0. The molecular formula is C10H14. The van der Waals surface area contributed by atoms with Gasteiger partial charge in [0.1, 0.15) is 0 Å². The molecule has 0 bridgehead atoms. The molecule has 0 amide bonds.